The van der Waals surface area contributed by atoms with E-state index in [-0.39, 0.29) is 18.4 Å². The van der Waals surface area contributed by atoms with Crippen LogP contribution in [0.5, 0.6) is 0 Å². The number of imide groups is 1. The molecule has 142 valence electrons. The zero-order valence-corrected chi connectivity index (χ0v) is 16.2. The molecule has 2 amide bonds. The van der Waals surface area contributed by atoms with Gasteiger partial charge < -0.3 is 5.32 Å². The van der Waals surface area contributed by atoms with E-state index in [0.29, 0.717) is 25.1 Å². The van der Waals surface area contributed by atoms with Gasteiger partial charge in [0.1, 0.15) is 16.6 Å². The fourth-order valence-corrected chi connectivity index (χ4v) is 3.87. The molecule has 1 aliphatic rings. The highest BCUT2D eigenvalue weighted by molar-refractivity contribution is 7.15. The zero-order valence-electron chi connectivity index (χ0n) is 15.4. The molecule has 7 nitrogen and oxygen atoms in total. The Morgan fingerprint density at radius 2 is 1.93 bits per heavy atom. The van der Waals surface area contributed by atoms with Crippen molar-refractivity contribution in [3.05, 3.63) is 53.3 Å². The Labute approximate surface area is 166 Å². The van der Waals surface area contributed by atoms with Gasteiger partial charge in [-0.3, -0.25) is 14.5 Å². The first-order valence-electron chi connectivity index (χ1n) is 9.03. The minimum Gasteiger partial charge on any atom is -0.325 e. The molecule has 4 heterocycles. The summed E-state index contributed by atoms with van der Waals surface area (Å²) < 4.78 is 0. The van der Waals surface area contributed by atoms with Gasteiger partial charge in [0.15, 0.2) is 0 Å². The lowest BCUT2D eigenvalue weighted by Crippen LogP contribution is -2.39. The summed E-state index contributed by atoms with van der Waals surface area (Å²) in [4.78, 5) is 39.5. The van der Waals surface area contributed by atoms with Crippen molar-refractivity contribution in [3.63, 3.8) is 0 Å². The van der Waals surface area contributed by atoms with Gasteiger partial charge in [-0.2, -0.15) is 0 Å². The van der Waals surface area contributed by atoms with Crippen molar-refractivity contribution >= 4 is 34.8 Å². The van der Waals surface area contributed by atoms with E-state index in [1.807, 2.05) is 37.3 Å². The maximum absolute atomic E-state index is 12.0. The number of carbonyl (C=O) groups is 2. The Hall–Kier alpha value is -3.13. The third-order valence-electron chi connectivity index (χ3n) is 4.40. The average molecular weight is 393 g/mol. The molecule has 1 N–H and O–H groups in total. The Bertz CT molecular complexity index is 1020. The molecule has 28 heavy (non-hydrogen) atoms. The molecule has 0 saturated carbocycles. The van der Waals surface area contributed by atoms with Crippen molar-refractivity contribution < 1.29 is 9.59 Å². The van der Waals surface area contributed by atoms with Gasteiger partial charge in [0.2, 0.25) is 11.8 Å². The lowest BCUT2D eigenvalue weighted by Gasteiger charge is -2.23. The SMILES string of the molecule is Cc1ccnc(Nc2cccc(-c3cnc(CN4C(=O)CCCC4=O)s3)n2)c1. The van der Waals surface area contributed by atoms with Crippen LogP contribution >= 0.6 is 11.3 Å². The van der Waals surface area contributed by atoms with Crippen molar-refractivity contribution in [1.82, 2.24) is 19.9 Å². The molecule has 0 aromatic carbocycles. The third kappa shape index (κ3) is 4.07. The number of aryl methyl sites for hydroxylation is 1. The van der Waals surface area contributed by atoms with Gasteiger partial charge in [-0.05, 0) is 43.2 Å². The maximum atomic E-state index is 12.0. The molecule has 3 aromatic heterocycles. The molecule has 1 aliphatic heterocycles. The number of hydrogen-bond donors (Lipinski definition) is 1. The Morgan fingerprint density at radius 3 is 2.71 bits per heavy atom. The van der Waals surface area contributed by atoms with E-state index >= 15 is 0 Å². The van der Waals surface area contributed by atoms with Gasteiger partial charge in [-0.15, -0.1) is 11.3 Å². The molecule has 1 saturated heterocycles. The predicted octanol–water partition coefficient (Wildman–Crippen LogP) is 3.69. The van der Waals surface area contributed by atoms with Crippen LogP contribution in [0.15, 0.2) is 42.7 Å². The number of pyridine rings is 2. The lowest BCUT2D eigenvalue weighted by atomic mass is 10.1. The van der Waals surface area contributed by atoms with Crippen LogP contribution in [-0.2, 0) is 16.1 Å². The van der Waals surface area contributed by atoms with E-state index in [9.17, 15) is 9.59 Å². The van der Waals surface area contributed by atoms with Crippen LogP contribution in [0.2, 0.25) is 0 Å². The minimum absolute atomic E-state index is 0.122. The van der Waals surface area contributed by atoms with Crippen molar-refractivity contribution in [2.24, 2.45) is 0 Å². The van der Waals surface area contributed by atoms with Crippen LogP contribution in [0.25, 0.3) is 10.6 Å². The van der Waals surface area contributed by atoms with Crippen LogP contribution in [0.1, 0.15) is 29.8 Å². The summed E-state index contributed by atoms with van der Waals surface area (Å²) in [6, 6.07) is 9.58. The van der Waals surface area contributed by atoms with E-state index in [4.69, 9.17) is 0 Å². The quantitative estimate of drug-likeness (QED) is 0.665. The number of amides is 2. The third-order valence-corrected chi connectivity index (χ3v) is 5.41. The highest BCUT2D eigenvalue weighted by atomic mass is 32.1. The van der Waals surface area contributed by atoms with Gasteiger partial charge in [0.25, 0.3) is 0 Å². The van der Waals surface area contributed by atoms with Crippen molar-refractivity contribution in [2.75, 3.05) is 5.32 Å². The van der Waals surface area contributed by atoms with Crippen LogP contribution in [0.3, 0.4) is 0 Å². The summed E-state index contributed by atoms with van der Waals surface area (Å²) in [5, 5.41) is 3.92. The number of piperidine rings is 1. The number of nitrogens with zero attached hydrogens (tertiary/aromatic N) is 4. The van der Waals surface area contributed by atoms with Crippen molar-refractivity contribution in [3.8, 4) is 10.6 Å². The number of anilines is 2. The second-order valence-corrected chi connectivity index (χ2v) is 7.71. The number of hydrogen-bond acceptors (Lipinski definition) is 7. The molecule has 1 fully saturated rings. The molecule has 0 spiro atoms. The van der Waals surface area contributed by atoms with E-state index in [0.717, 1.165) is 27.0 Å². The molecule has 8 heteroatoms. The van der Waals surface area contributed by atoms with E-state index < -0.39 is 0 Å². The van der Waals surface area contributed by atoms with Crippen molar-refractivity contribution in [1.29, 1.82) is 0 Å². The van der Waals surface area contributed by atoms with Gasteiger partial charge in [-0.25, -0.2) is 15.0 Å². The van der Waals surface area contributed by atoms with Crippen LogP contribution in [0.4, 0.5) is 11.6 Å². The van der Waals surface area contributed by atoms with Gasteiger partial charge in [0.05, 0.1) is 17.1 Å². The molecule has 0 aliphatic carbocycles. The molecule has 0 radical (unpaired) electrons. The number of aromatic nitrogens is 3. The standard InChI is InChI=1S/C20H19N5O2S/c1-13-8-9-21-17(10-13)24-16-5-2-4-14(23-16)15-11-22-18(28-15)12-25-19(26)6-3-7-20(25)27/h2,4-5,8-11H,3,6-7,12H2,1H3,(H,21,23,24). The lowest BCUT2D eigenvalue weighted by molar-refractivity contribution is -0.148. The predicted molar refractivity (Wildman–Crippen MR) is 107 cm³/mol. The monoisotopic (exact) mass is 393 g/mol. The molecule has 0 atom stereocenters. The first-order valence-corrected chi connectivity index (χ1v) is 9.85. The second kappa shape index (κ2) is 7.85. The van der Waals surface area contributed by atoms with Gasteiger partial charge in [0, 0.05) is 25.2 Å². The summed E-state index contributed by atoms with van der Waals surface area (Å²) in [6.07, 6.45) is 4.96. The topological polar surface area (TPSA) is 88.1 Å². The Balaban J connectivity index is 1.51. The molecule has 4 rings (SSSR count). The fraction of sp³-hybridized carbons (Fsp3) is 0.250. The molecule has 0 bridgehead atoms. The molecular weight excluding hydrogens is 374 g/mol. The number of thiazole rings is 1. The number of nitrogens with one attached hydrogen (secondary N) is 1. The van der Waals surface area contributed by atoms with Gasteiger partial charge >= 0.3 is 0 Å². The minimum atomic E-state index is -0.122. The smallest absolute Gasteiger partial charge is 0.229 e. The molecule has 3 aromatic rings. The average Bonchev–Trinajstić information content (AvgIpc) is 3.14. The molecular formula is C20H19N5O2S. The largest absolute Gasteiger partial charge is 0.325 e. The summed E-state index contributed by atoms with van der Waals surface area (Å²) in [5.41, 5.74) is 1.89. The second-order valence-electron chi connectivity index (χ2n) is 6.60. The fourth-order valence-electron chi connectivity index (χ4n) is 2.99. The Kier molecular flexibility index (Phi) is 5.12. The van der Waals surface area contributed by atoms with Crippen LogP contribution in [0, 0.1) is 6.92 Å². The van der Waals surface area contributed by atoms with E-state index in [2.05, 4.69) is 20.3 Å². The number of likely N-dealkylation sites (tertiary alicyclic amines) is 1. The number of rotatable bonds is 5. The summed E-state index contributed by atoms with van der Waals surface area (Å²) in [6.45, 7) is 2.24. The zero-order chi connectivity index (χ0) is 19.5. The Morgan fingerprint density at radius 1 is 1.11 bits per heavy atom. The normalized spacial score (nSPS) is 14.4. The first-order chi connectivity index (χ1) is 13.6. The maximum Gasteiger partial charge on any atom is 0.229 e. The molecule has 0 unspecified atom stereocenters. The first kappa shape index (κ1) is 18.2. The summed E-state index contributed by atoms with van der Waals surface area (Å²) in [5.74, 6) is 1.18. The highest BCUT2D eigenvalue weighted by Crippen LogP contribution is 2.27. The van der Waals surface area contributed by atoms with Gasteiger partial charge in [-0.1, -0.05) is 6.07 Å². The summed E-state index contributed by atoms with van der Waals surface area (Å²) in [7, 11) is 0. The summed E-state index contributed by atoms with van der Waals surface area (Å²) >= 11 is 1.44. The van der Waals surface area contributed by atoms with E-state index in [1.54, 1.807) is 12.4 Å². The van der Waals surface area contributed by atoms with Crippen LogP contribution < -0.4 is 5.32 Å². The van der Waals surface area contributed by atoms with Crippen LogP contribution in [-0.4, -0.2) is 31.7 Å². The highest BCUT2D eigenvalue weighted by Gasteiger charge is 2.26. The van der Waals surface area contributed by atoms with Crippen molar-refractivity contribution in [2.45, 2.75) is 32.7 Å². The van der Waals surface area contributed by atoms with E-state index in [1.165, 1.54) is 16.2 Å². The number of carbonyl (C=O) groups excluding carboxylic acids is 2.